The van der Waals surface area contributed by atoms with Crippen molar-refractivity contribution in [2.45, 2.75) is 31.5 Å². The minimum Gasteiger partial charge on any atom is -0.390 e. The van der Waals surface area contributed by atoms with E-state index in [4.69, 9.17) is 0 Å². The number of piperidine rings is 1. The molecule has 1 aromatic carbocycles. The number of benzene rings is 1. The Bertz CT molecular complexity index is 544. The molecule has 0 unspecified atom stereocenters. The van der Waals surface area contributed by atoms with Crippen LogP contribution < -0.4 is 0 Å². The first-order valence-electron chi connectivity index (χ1n) is 6.48. The van der Waals surface area contributed by atoms with Gasteiger partial charge >= 0.3 is 6.18 Å². The highest BCUT2D eigenvalue weighted by Gasteiger charge is 2.36. The number of rotatable bonds is 1. The highest BCUT2D eigenvalue weighted by Crippen LogP contribution is 2.32. The SMILES string of the molecule is CC1(O)CCN(C(=O)c2ccc(F)c(C(F)(F)F)c2)CC1. The first-order chi connectivity index (χ1) is 9.60. The molecular weight excluding hydrogens is 290 g/mol. The largest absolute Gasteiger partial charge is 0.419 e. The molecule has 1 fully saturated rings. The second kappa shape index (κ2) is 5.29. The lowest BCUT2D eigenvalue weighted by Crippen LogP contribution is -2.45. The first kappa shape index (κ1) is 15.8. The molecule has 1 saturated heterocycles. The quantitative estimate of drug-likeness (QED) is 0.811. The molecule has 0 aliphatic carbocycles. The van der Waals surface area contributed by atoms with Gasteiger partial charge in [-0.15, -0.1) is 0 Å². The van der Waals surface area contributed by atoms with E-state index in [1.807, 2.05) is 0 Å². The Morgan fingerprint density at radius 3 is 2.38 bits per heavy atom. The number of nitrogens with zero attached hydrogens (tertiary/aromatic N) is 1. The fourth-order valence-corrected chi connectivity index (χ4v) is 2.25. The summed E-state index contributed by atoms with van der Waals surface area (Å²) < 4.78 is 51.1. The van der Waals surface area contributed by atoms with E-state index >= 15 is 0 Å². The molecule has 0 atom stereocenters. The molecule has 116 valence electrons. The summed E-state index contributed by atoms with van der Waals surface area (Å²) in [5, 5.41) is 9.80. The predicted octanol–water partition coefficient (Wildman–Crippen LogP) is 2.83. The van der Waals surface area contributed by atoms with E-state index in [9.17, 15) is 27.5 Å². The van der Waals surface area contributed by atoms with Gasteiger partial charge in [0.1, 0.15) is 5.82 Å². The Morgan fingerprint density at radius 1 is 1.29 bits per heavy atom. The van der Waals surface area contributed by atoms with E-state index in [2.05, 4.69) is 0 Å². The number of amides is 1. The van der Waals surface area contributed by atoms with Gasteiger partial charge < -0.3 is 10.0 Å². The summed E-state index contributed by atoms with van der Waals surface area (Å²) in [6, 6.07) is 2.22. The summed E-state index contributed by atoms with van der Waals surface area (Å²) in [6.45, 7) is 2.16. The number of hydrogen-bond donors (Lipinski definition) is 1. The summed E-state index contributed by atoms with van der Waals surface area (Å²) >= 11 is 0. The maximum atomic E-state index is 13.2. The first-order valence-corrected chi connectivity index (χ1v) is 6.48. The van der Waals surface area contributed by atoms with E-state index in [1.165, 1.54) is 4.90 Å². The van der Waals surface area contributed by atoms with Crippen molar-refractivity contribution in [1.29, 1.82) is 0 Å². The van der Waals surface area contributed by atoms with Crippen LogP contribution in [0.25, 0.3) is 0 Å². The molecule has 2 rings (SSSR count). The van der Waals surface area contributed by atoms with Crippen LogP contribution in [-0.4, -0.2) is 34.6 Å². The van der Waals surface area contributed by atoms with E-state index < -0.39 is 29.1 Å². The number of carbonyl (C=O) groups is 1. The van der Waals surface area contributed by atoms with E-state index in [0.717, 1.165) is 6.07 Å². The van der Waals surface area contributed by atoms with Crippen LogP contribution in [0.3, 0.4) is 0 Å². The van der Waals surface area contributed by atoms with Crippen molar-refractivity contribution in [3.05, 3.63) is 35.1 Å². The smallest absolute Gasteiger partial charge is 0.390 e. The molecule has 1 aromatic rings. The van der Waals surface area contributed by atoms with E-state index in [0.29, 0.717) is 25.0 Å². The van der Waals surface area contributed by atoms with Crippen LogP contribution in [0.1, 0.15) is 35.7 Å². The van der Waals surface area contributed by atoms with Crippen molar-refractivity contribution in [2.75, 3.05) is 13.1 Å². The zero-order chi connectivity index (χ0) is 15.8. The summed E-state index contributed by atoms with van der Waals surface area (Å²) in [5.41, 5.74) is -2.51. The lowest BCUT2D eigenvalue weighted by atomic mass is 9.93. The van der Waals surface area contributed by atoms with Gasteiger partial charge in [0, 0.05) is 18.7 Å². The van der Waals surface area contributed by atoms with Crippen molar-refractivity contribution >= 4 is 5.91 Å². The van der Waals surface area contributed by atoms with Gasteiger partial charge in [0.2, 0.25) is 0 Å². The molecule has 0 spiro atoms. The number of carbonyl (C=O) groups excluding carboxylic acids is 1. The Balaban J connectivity index is 2.21. The van der Waals surface area contributed by atoms with Crippen molar-refractivity contribution in [2.24, 2.45) is 0 Å². The molecule has 21 heavy (non-hydrogen) atoms. The topological polar surface area (TPSA) is 40.5 Å². The lowest BCUT2D eigenvalue weighted by molar-refractivity contribution is -0.140. The van der Waals surface area contributed by atoms with Gasteiger partial charge in [-0.05, 0) is 38.0 Å². The Labute approximate surface area is 119 Å². The van der Waals surface area contributed by atoms with Gasteiger partial charge in [0.25, 0.3) is 5.91 Å². The molecule has 1 aliphatic heterocycles. The Kier molecular flexibility index (Phi) is 3.97. The van der Waals surface area contributed by atoms with Crippen LogP contribution in [0.4, 0.5) is 17.6 Å². The maximum absolute atomic E-state index is 13.2. The van der Waals surface area contributed by atoms with Crippen LogP contribution in [0.5, 0.6) is 0 Å². The molecule has 1 heterocycles. The average Bonchev–Trinajstić information content (AvgIpc) is 2.37. The molecule has 1 amide bonds. The third-order valence-electron chi connectivity index (χ3n) is 3.65. The standard InChI is InChI=1S/C14H15F4NO2/c1-13(21)4-6-19(7-5-13)12(20)9-2-3-11(15)10(8-9)14(16,17)18/h2-3,8,21H,4-7H2,1H3. The van der Waals surface area contributed by atoms with Crippen LogP contribution in [-0.2, 0) is 6.18 Å². The van der Waals surface area contributed by atoms with Crippen molar-refractivity contribution in [3.63, 3.8) is 0 Å². The molecule has 3 nitrogen and oxygen atoms in total. The third kappa shape index (κ3) is 3.53. The molecular formula is C14H15F4NO2. The summed E-state index contributed by atoms with van der Waals surface area (Å²) in [4.78, 5) is 13.5. The van der Waals surface area contributed by atoms with Gasteiger partial charge in [0.05, 0.1) is 11.2 Å². The van der Waals surface area contributed by atoms with Crippen molar-refractivity contribution in [3.8, 4) is 0 Å². The minimum atomic E-state index is -4.84. The number of likely N-dealkylation sites (tertiary alicyclic amines) is 1. The molecule has 0 saturated carbocycles. The second-order valence-corrected chi connectivity index (χ2v) is 5.48. The normalized spacial score (nSPS) is 18.7. The van der Waals surface area contributed by atoms with Crippen LogP contribution >= 0.6 is 0 Å². The third-order valence-corrected chi connectivity index (χ3v) is 3.65. The monoisotopic (exact) mass is 305 g/mol. The number of alkyl halides is 3. The average molecular weight is 305 g/mol. The van der Waals surface area contributed by atoms with Crippen LogP contribution in [0, 0.1) is 5.82 Å². The molecule has 1 aliphatic rings. The van der Waals surface area contributed by atoms with E-state index in [1.54, 1.807) is 6.92 Å². The molecule has 0 aromatic heterocycles. The summed E-state index contributed by atoms with van der Waals surface area (Å²) in [7, 11) is 0. The van der Waals surface area contributed by atoms with Crippen molar-refractivity contribution < 1.29 is 27.5 Å². The highest BCUT2D eigenvalue weighted by molar-refractivity contribution is 5.94. The van der Waals surface area contributed by atoms with Gasteiger partial charge in [0.15, 0.2) is 0 Å². The fourth-order valence-electron chi connectivity index (χ4n) is 2.25. The summed E-state index contributed by atoms with van der Waals surface area (Å²) in [5.74, 6) is -1.99. The van der Waals surface area contributed by atoms with Gasteiger partial charge in [-0.2, -0.15) is 13.2 Å². The zero-order valence-corrected chi connectivity index (χ0v) is 11.4. The minimum absolute atomic E-state index is 0.203. The highest BCUT2D eigenvalue weighted by atomic mass is 19.4. The lowest BCUT2D eigenvalue weighted by Gasteiger charge is -2.35. The van der Waals surface area contributed by atoms with Gasteiger partial charge in [-0.1, -0.05) is 0 Å². The number of halogens is 4. The van der Waals surface area contributed by atoms with Crippen LogP contribution in [0.15, 0.2) is 18.2 Å². The summed E-state index contributed by atoms with van der Waals surface area (Å²) in [6.07, 6.45) is -4.13. The zero-order valence-electron chi connectivity index (χ0n) is 11.4. The van der Waals surface area contributed by atoms with E-state index in [-0.39, 0.29) is 18.7 Å². The number of aliphatic hydroxyl groups is 1. The molecule has 0 bridgehead atoms. The fraction of sp³-hybridized carbons (Fsp3) is 0.500. The predicted molar refractivity (Wildman–Crippen MR) is 67.2 cm³/mol. The molecule has 1 N–H and O–H groups in total. The van der Waals surface area contributed by atoms with Crippen LogP contribution in [0.2, 0.25) is 0 Å². The number of hydrogen-bond acceptors (Lipinski definition) is 2. The van der Waals surface area contributed by atoms with Gasteiger partial charge in [-0.25, -0.2) is 4.39 Å². The molecule has 0 radical (unpaired) electrons. The molecule has 7 heteroatoms. The maximum Gasteiger partial charge on any atom is 0.419 e. The Morgan fingerprint density at radius 2 is 1.86 bits per heavy atom. The Hall–Kier alpha value is -1.63. The second-order valence-electron chi connectivity index (χ2n) is 5.48. The van der Waals surface area contributed by atoms with Crippen molar-refractivity contribution in [1.82, 2.24) is 4.90 Å². The van der Waals surface area contributed by atoms with Gasteiger partial charge in [-0.3, -0.25) is 4.79 Å².